The van der Waals surface area contributed by atoms with Crippen LogP contribution in [0, 0.1) is 0 Å². The van der Waals surface area contributed by atoms with Crippen molar-refractivity contribution < 1.29 is 8.42 Å². The number of nitrogens with zero attached hydrogens (tertiary/aromatic N) is 2. The van der Waals surface area contributed by atoms with Crippen LogP contribution in [-0.2, 0) is 10.0 Å². The van der Waals surface area contributed by atoms with Gasteiger partial charge < -0.3 is 5.73 Å². The van der Waals surface area contributed by atoms with Crippen molar-refractivity contribution in [1.29, 1.82) is 0 Å². The fourth-order valence-electron chi connectivity index (χ4n) is 1.27. The topological polar surface area (TPSA) is 76.3 Å². The second-order valence-corrected chi connectivity index (χ2v) is 5.54. The summed E-state index contributed by atoms with van der Waals surface area (Å²) in [6.07, 6.45) is 3.19. The predicted octanol–water partition coefficient (Wildman–Crippen LogP) is 1.08. The molecule has 1 aromatic heterocycles. The summed E-state index contributed by atoms with van der Waals surface area (Å²) in [6, 6.07) is 3.15. The van der Waals surface area contributed by atoms with E-state index in [-0.39, 0.29) is 10.7 Å². The lowest BCUT2D eigenvalue weighted by molar-refractivity contribution is 0.457. The zero-order chi connectivity index (χ0) is 12.2. The molecule has 0 saturated carbocycles. The third kappa shape index (κ3) is 2.70. The average Bonchev–Trinajstić information content (AvgIpc) is 2.26. The van der Waals surface area contributed by atoms with Crippen LogP contribution in [-0.4, -0.2) is 31.3 Å². The van der Waals surface area contributed by atoms with Crippen molar-refractivity contribution in [3.8, 4) is 0 Å². The molecule has 6 heteroatoms. The molecule has 1 heterocycles. The van der Waals surface area contributed by atoms with Gasteiger partial charge in [-0.3, -0.25) is 0 Å². The van der Waals surface area contributed by atoms with Crippen LogP contribution in [0.15, 0.2) is 23.4 Å². The minimum atomic E-state index is -3.54. The largest absolute Gasteiger partial charge is 0.396 e. The highest BCUT2D eigenvalue weighted by Gasteiger charge is 2.23. The second kappa shape index (κ2) is 5.27. The van der Waals surface area contributed by atoms with Gasteiger partial charge in [0.2, 0.25) is 0 Å². The summed E-state index contributed by atoms with van der Waals surface area (Å²) >= 11 is 0. The van der Waals surface area contributed by atoms with Gasteiger partial charge in [0, 0.05) is 19.8 Å². The van der Waals surface area contributed by atoms with E-state index in [9.17, 15) is 8.42 Å². The number of hydrogen-bond acceptors (Lipinski definition) is 4. The summed E-state index contributed by atoms with van der Waals surface area (Å²) in [5.74, 6) is 0. The van der Waals surface area contributed by atoms with E-state index in [1.807, 2.05) is 6.92 Å². The number of rotatable bonds is 5. The van der Waals surface area contributed by atoms with Gasteiger partial charge in [0.1, 0.15) is 0 Å². The first-order valence-electron chi connectivity index (χ1n) is 5.17. The van der Waals surface area contributed by atoms with Crippen LogP contribution in [0.1, 0.15) is 19.8 Å². The smallest absolute Gasteiger partial charge is 0.262 e. The van der Waals surface area contributed by atoms with Gasteiger partial charge in [-0.1, -0.05) is 13.3 Å². The van der Waals surface area contributed by atoms with Crippen LogP contribution in [0.25, 0.3) is 0 Å². The fraction of sp³-hybridized carbons (Fsp3) is 0.500. The molecular formula is C10H17N3O2S. The Morgan fingerprint density at radius 1 is 1.50 bits per heavy atom. The number of nitrogens with two attached hydrogens (primary N) is 1. The van der Waals surface area contributed by atoms with Gasteiger partial charge in [0.05, 0.1) is 5.69 Å². The second-order valence-electron chi connectivity index (χ2n) is 3.58. The summed E-state index contributed by atoms with van der Waals surface area (Å²) in [5, 5.41) is -0.0615. The molecular weight excluding hydrogens is 226 g/mol. The van der Waals surface area contributed by atoms with E-state index in [0.29, 0.717) is 6.54 Å². The maximum absolute atomic E-state index is 12.0. The van der Waals surface area contributed by atoms with Crippen LogP contribution in [0.5, 0.6) is 0 Å². The van der Waals surface area contributed by atoms with Crippen molar-refractivity contribution >= 4 is 15.7 Å². The van der Waals surface area contributed by atoms with Gasteiger partial charge in [0.15, 0.2) is 5.03 Å². The molecule has 0 amide bonds. The van der Waals surface area contributed by atoms with Crippen molar-refractivity contribution in [2.24, 2.45) is 0 Å². The molecule has 0 atom stereocenters. The molecule has 0 radical (unpaired) electrons. The summed E-state index contributed by atoms with van der Waals surface area (Å²) in [5.41, 5.74) is 5.79. The zero-order valence-corrected chi connectivity index (χ0v) is 10.4. The third-order valence-electron chi connectivity index (χ3n) is 2.28. The minimum absolute atomic E-state index is 0.0615. The first-order valence-corrected chi connectivity index (χ1v) is 6.61. The van der Waals surface area contributed by atoms with E-state index < -0.39 is 10.0 Å². The van der Waals surface area contributed by atoms with Crippen LogP contribution in [0.3, 0.4) is 0 Å². The van der Waals surface area contributed by atoms with E-state index >= 15 is 0 Å². The molecule has 0 unspecified atom stereocenters. The minimum Gasteiger partial charge on any atom is -0.396 e. The summed E-state index contributed by atoms with van der Waals surface area (Å²) in [4.78, 5) is 3.82. The van der Waals surface area contributed by atoms with Crippen molar-refractivity contribution in [2.75, 3.05) is 19.3 Å². The molecule has 16 heavy (non-hydrogen) atoms. The maximum Gasteiger partial charge on any atom is 0.262 e. The fourth-order valence-corrected chi connectivity index (χ4v) is 2.49. The Balaban J connectivity index is 2.98. The van der Waals surface area contributed by atoms with Crippen molar-refractivity contribution in [3.63, 3.8) is 0 Å². The van der Waals surface area contributed by atoms with Crippen LogP contribution < -0.4 is 5.73 Å². The Morgan fingerprint density at radius 3 is 2.75 bits per heavy atom. The van der Waals surface area contributed by atoms with Gasteiger partial charge in [-0.2, -0.15) is 4.31 Å². The summed E-state index contributed by atoms with van der Waals surface area (Å²) in [6.45, 7) is 2.49. The van der Waals surface area contributed by atoms with Gasteiger partial charge in [-0.05, 0) is 18.6 Å². The molecule has 0 aromatic carbocycles. The first kappa shape index (κ1) is 12.9. The van der Waals surface area contributed by atoms with Gasteiger partial charge in [-0.15, -0.1) is 0 Å². The number of aromatic nitrogens is 1. The number of unbranched alkanes of at least 4 members (excludes halogenated alkanes) is 1. The highest BCUT2D eigenvalue weighted by molar-refractivity contribution is 7.89. The molecule has 0 aliphatic carbocycles. The zero-order valence-electron chi connectivity index (χ0n) is 9.55. The molecule has 90 valence electrons. The Morgan fingerprint density at radius 2 is 2.19 bits per heavy atom. The Kier molecular flexibility index (Phi) is 4.26. The molecule has 0 bridgehead atoms. The number of anilines is 1. The number of pyridine rings is 1. The van der Waals surface area contributed by atoms with E-state index in [2.05, 4.69) is 4.98 Å². The average molecular weight is 243 g/mol. The quantitative estimate of drug-likeness (QED) is 0.839. The Hall–Kier alpha value is -1.14. The Bertz CT molecular complexity index is 445. The molecule has 5 nitrogen and oxygen atoms in total. The lowest BCUT2D eigenvalue weighted by atomic mass is 10.3. The molecule has 1 aromatic rings. The predicted molar refractivity (Wildman–Crippen MR) is 63.4 cm³/mol. The van der Waals surface area contributed by atoms with Crippen molar-refractivity contribution in [2.45, 2.75) is 24.8 Å². The van der Waals surface area contributed by atoms with E-state index in [1.165, 1.54) is 16.6 Å². The monoisotopic (exact) mass is 243 g/mol. The molecule has 0 aliphatic rings. The molecule has 0 fully saturated rings. The highest BCUT2D eigenvalue weighted by atomic mass is 32.2. The lowest BCUT2D eigenvalue weighted by Gasteiger charge is -2.16. The number of nitrogen functional groups attached to an aromatic ring is 1. The first-order chi connectivity index (χ1) is 7.50. The van der Waals surface area contributed by atoms with E-state index in [0.717, 1.165) is 12.8 Å². The molecule has 1 rings (SSSR count). The van der Waals surface area contributed by atoms with Crippen LogP contribution in [0.2, 0.25) is 0 Å². The van der Waals surface area contributed by atoms with Gasteiger partial charge >= 0.3 is 0 Å². The highest BCUT2D eigenvalue weighted by Crippen LogP contribution is 2.18. The van der Waals surface area contributed by atoms with E-state index in [1.54, 1.807) is 13.1 Å². The lowest BCUT2D eigenvalue weighted by Crippen LogP contribution is -2.29. The molecule has 0 spiro atoms. The maximum atomic E-state index is 12.0. The number of hydrogen-bond donors (Lipinski definition) is 1. The van der Waals surface area contributed by atoms with Crippen molar-refractivity contribution in [1.82, 2.24) is 9.29 Å². The van der Waals surface area contributed by atoms with Crippen LogP contribution >= 0.6 is 0 Å². The van der Waals surface area contributed by atoms with Crippen LogP contribution in [0.4, 0.5) is 5.69 Å². The Labute approximate surface area is 96.3 Å². The summed E-state index contributed by atoms with van der Waals surface area (Å²) in [7, 11) is -2.00. The molecule has 0 saturated heterocycles. The standard InChI is InChI=1S/C10H17N3O2S/c1-3-4-8-13(2)16(14,15)10-9(11)6-5-7-12-10/h5-7H,3-4,8,11H2,1-2H3. The normalized spacial score (nSPS) is 11.9. The van der Waals surface area contributed by atoms with Gasteiger partial charge in [-0.25, -0.2) is 13.4 Å². The van der Waals surface area contributed by atoms with Gasteiger partial charge in [0.25, 0.3) is 10.0 Å². The molecule has 2 N–H and O–H groups in total. The van der Waals surface area contributed by atoms with Crippen molar-refractivity contribution in [3.05, 3.63) is 18.3 Å². The SMILES string of the molecule is CCCCN(C)S(=O)(=O)c1ncccc1N. The number of sulfonamides is 1. The van der Waals surface area contributed by atoms with E-state index in [4.69, 9.17) is 5.73 Å². The summed E-state index contributed by atoms with van der Waals surface area (Å²) < 4.78 is 25.4. The molecule has 0 aliphatic heterocycles. The third-order valence-corrected chi connectivity index (χ3v) is 4.11.